The molecule has 6 N–H and O–H groups in total. The van der Waals surface area contributed by atoms with Crippen molar-refractivity contribution in [1.29, 1.82) is 0 Å². The molecule has 2 saturated heterocycles. The molecule has 416 valence electrons. The van der Waals surface area contributed by atoms with E-state index >= 15 is 0 Å². The highest BCUT2D eigenvalue weighted by Gasteiger charge is 2.35. The number of aliphatic hydroxyl groups is 2. The van der Waals surface area contributed by atoms with Crippen LogP contribution in [0.25, 0.3) is 0 Å². The number of hydrogen-bond donors (Lipinski definition) is 6. The third-order valence-corrected chi connectivity index (χ3v) is 15.8. The molecule has 0 aromatic heterocycles. The van der Waals surface area contributed by atoms with Gasteiger partial charge in [-0.15, -0.1) is 0 Å². The molecule has 18 heteroatoms. The summed E-state index contributed by atoms with van der Waals surface area (Å²) in [5.41, 5.74) is 1.01. The van der Waals surface area contributed by atoms with E-state index in [9.17, 15) is 46.2 Å². The Morgan fingerprint density at radius 3 is 1.18 bits per heavy atom. The van der Waals surface area contributed by atoms with Crippen molar-refractivity contribution in [2.24, 2.45) is 23.7 Å². The number of nitrogens with one attached hydrogen (secondary N) is 4. The van der Waals surface area contributed by atoms with Crippen molar-refractivity contribution in [3.05, 3.63) is 71.8 Å². The number of benzene rings is 2. The van der Waals surface area contributed by atoms with E-state index in [0.717, 1.165) is 24.0 Å². The molecule has 2 aliphatic heterocycles. The number of urea groups is 2. The Hall–Kier alpha value is -4.26. The molecule has 6 atom stereocenters. The lowest BCUT2D eigenvalue weighted by atomic mass is 9.98. The van der Waals surface area contributed by atoms with Gasteiger partial charge in [-0.25, -0.2) is 26.4 Å². The van der Waals surface area contributed by atoms with Crippen LogP contribution in [0.3, 0.4) is 0 Å². The van der Waals surface area contributed by atoms with E-state index in [2.05, 4.69) is 62.8 Å². The van der Waals surface area contributed by atoms with Gasteiger partial charge in [0.2, 0.25) is 11.8 Å². The molecule has 0 spiro atoms. The van der Waals surface area contributed by atoms with Crippen LogP contribution in [0.2, 0.25) is 0 Å². The normalized spacial score (nSPS) is 19.0. The lowest BCUT2D eigenvalue weighted by molar-refractivity contribution is -0.127. The van der Waals surface area contributed by atoms with E-state index in [0.29, 0.717) is 63.5 Å². The molecule has 0 aliphatic carbocycles. The minimum absolute atomic E-state index is 0.0510. The first-order chi connectivity index (χ1) is 33.9. The second-order valence-corrected chi connectivity index (χ2v) is 27.4. The molecule has 16 nitrogen and oxygen atoms in total. The number of amides is 6. The third-order valence-electron chi connectivity index (χ3n) is 12.2. The summed E-state index contributed by atoms with van der Waals surface area (Å²) in [5.74, 6) is -1.32. The van der Waals surface area contributed by atoms with Gasteiger partial charge in [0, 0.05) is 24.2 Å². The number of nitrogens with zero attached hydrogens (tertiary/aromatic N) is 2. The number of carbonyl (C=O) groups is 4. The van der Waals surface area contributed by atoms with Gasteiger partial charge in [0.15, 0.2) is 19.7 Å². The highest BCUT2D eigenvalue weighted by molar-refractivity contribution is 7.91. The first kappa shape index (κ1) is 64.9. The summed E-state index contributed by atoms with van der Waals surface area (Å²) in [4.78, 5) is 55.2. The van der Waals surface area contributed by atoms with Gasteiger partial charge in [0.1, 0.15) is 0 Å². The van der Waals surface area contributed by atoms with Crippen molar-refractivity contribution < 1.29 is 46.2 Å². The molecule has 4 rings (SSSR count). The summed E-state index contributed by atoms with van der Waals surface area (Å²) < 4.78 is 48.2. The smallest absolute Gasteiger partial charge is 0.317 e. The summed E-state index contributed by atoms with van der Waals surface area (Å²) in [6.45, 7) is 25.0. The fourth-order valence-electron chi connectivity index (χ4n) is 8.25. The van der Waals surface area contributed by atoms with E-state index in [1.165, 1.54) is 6.42 Å². The molecule has 2 aromatic rings. The fraction of sp³-hybridized carbons (Fsp3) is 0.709. The molecule has 6 amide bonds. The fourth-order valence-corrected chi connectivity index (χ4v) is 11.7. The first-order valence-electron chi connectivity index (χ1n) is 26.5. The van der Waals surface area contributed by atoms with Crippen molar-refractivity contribution in [2.75, 3.05) is 49.2 Å². The Kier molecular flexibility index (Phi) is 27.5. The van der Waals surface area contributed by atoms with Gasteiger partial charge >= 0.3 is 12.1 Å². The third kappa shape index (κ3) is 27.2. The van der Waals surface area contributed by atoms with Crippen LogP contribution in [-0.2, 0) is 42.1 Å². The highest BCUT2D eigenvalue weighted by atomic mass is 32.2. The molecule has 2 aromatic carbocycles. The number of aliphatic hydroxyl groups excluding tert-OH is 2. The predicted molar refractivity (Wildman–Crippen MR) is 294 cm³/mol. The Labute approximate surface area is 439 Å². The monoisotopic (exact) mass is 1060 g/mol. The summed E-state index contributed by atoms with van der Waals surface area (Å²) in [6.07, 6.45) is 3.42. The van der Waals surface area contributed by atoms with Gasteiger partial charge in [0.25, 0.3) is 0 Å². The van der Waals surface area contributed by atoms with E-state index in [-0.39, 0.29) is 60.0 Å². The van der Waals surface area contributed by atoms with Gasteiger partial charge in [-0.2, -0.15) is 0 Å². The maximum absolute atomic E-state index is 13.0. The van der Waals surface area contributed by atoms with Crippen LogP contribution in [0, 0.1) is 23.7 Å². The van der Waals surface area contributed by atoms with E-state index in [1.807, 2.05) is 102 Å². The Morgan fingerprint density at radius 2 is 0.904 bits per heavy atom. The van der Waals surface area contributed by atoms with Crippen LogP contribution in [-0.4, -0.2) is 145 Å². The Balaban J connectivity index is 0.000000474. The second kappa shape index (κ2) is 30.9. The van der Waals surface area contributed by atoms with Gasteiger partial charge < -0.3 is 41.3 Å². The lowest BCUT2D eigenvalue weighted by Crippen LogP contribution is -2.55. The Bertz CT molecular complexity index is 2030. The van der Waals surface area contributed by atoms with Crippen molar-refractivity contribution in [2.45, 2.75) is 176 Å². The van der Waals surface area contributed by atoms with Crippen LogP contribution in [0.4, 0.5) is 9.59 Å². The predicted octanol–water partition coefficient (Wildman–Crippen LogP) is 6.93. The number of sulfone groups is 2. The topological polar surface area (TPSA) is 232 Å². The summed E-state index contributed by atoms with van der Waals surface area (Å²) in [6, 6.07) is 17.1. The molecule has 2 aliphatic rings. The van der Waals surface area contributed by atoms with Gasteiger partial charge in [-0.3, -0.25) is 9.59 Å². The van der Waals surface area contributed by atoms with Crippen LogP contribution >= 0.6 is 0 Å². The first-order valence-corrected chi connectivity index (χ1v) is 30.2. The van der Waals surface area contributed by atoms with Crippen LogP contribution in [0.5, 0.6) is 0 Å². The molecular formula is C55H94N6O10S2. The molecule has 0 bridgehead atoms. The van der Waals surface area contributed by atoms with Crippen molar-refractivity contribution in [3.8, 4) is 0 Å². The average Bonchev–Trinajstić information content (AvgIpc) is 3.27. The number of hydrogen-bond acceptors (Lipinski definition) is 10. The largest absolute Gasteiger partial charge is 0.389 e. The summed E-state index contributed by atoms with van der Waals surface area (Å²) in [5, 5.41) is 34.3. The zero-order chi connectivity index (χ0) is 55.2. The van der Waals surface area contributed by atoms with Crippen LogP contribution in [0.1, 0.15) is 139 Å². The van der Waals surface area contributed by atoms with Crippen LogP contribution in [0.15, 0.2) is 60.7 Å². The minimum atomic E-state index is -3.24. The van der Waals surface area contributed by atoms with E-state index in [1.54, 1.807) is 9.80 Å². The standard InChI is InChI=1S/2C26H43N3O5S.C3H8/c2*1-19(2)13-14-29(25(32)28-26(3,4)5)17-23(30)22(16-20-10-7-6-8-11-20)27-24(31)21-12-9-15-35(33,34)18-21;1-3-2/h2*6-8,10-11,19,21-23,30H,9,12-18H2,1-5H3,(H,27,31)(H,28,32);3H2,1-2H3/t21-,22+,23-;21-,22-,23+;/m10./s1. The molecule has 2 fully saturated rings. The number of rotatable bonds is 20. The zero-order valence-corrected chi connectivity index (χ0v) is 47.9. The summed E-state index contributed by atoms with van der Waals surface area (Å²) in [7, 11) is -6.48. The maximum Gasteiger partial charge on any atom is 0.317 e. The molecule has 0 saturated carbocycles. The second-order valence-electron chi connectivity index (χ2n) is 23.0. The molecular weight excluding hydrogens is 969 g/mol. The average molecular weight is 1060 g/mol. The van der Waals surface area contributed by atoms with Crippen molar-refractivity contribution >= 4 is 43.6 Å². The quantitative estimate of drug-likeness (QED) is 0.0801. The summed E-state index contributed by atoms with van der Waals surface area (Å²) >= 11 is 0. The van der Waals surface area contributed by atoms with Gasteiger partial charge in [0.05, 0.1) is 72.2 Å². The molecule has 2 heterocycles. The van der Waals surface area contributed by atoms with Crippen molar-refractivity contribution in [1.82, 2.24) is 31.1 Å². The maximum atomic E-state index is 13.0. The van der Waals surface area contributed by atoms with Crippen molar-refractivity contribution in [3.63, 3.8) is 0 Å². The molecule has 73 heavy (non-hydrogen) atoms. The minimum Gasteiger partial charge on any atom is -0.389 e. The zero-order valence-electron chi connectivity index (χ0n) is 46.3. The molecule has 0 unspecified atom stereocenters. The Morgan fingerprint density at radius 1 is 0.589 bits per heavy atom. The van der Waals surface area contributed by atoms with Gasteiger partial charge in [-0.05, 0) is 116 Å². The number of carbonyl (C=O) groups excluding carboxylic acids is 4. The van der Waals surface area contributed by atoms with Crippen LogP contribution < -0.4 is 21.3 Å². The highest BCUT2D eigenvalue weighted by Crippen LogP contribution is 2.22. The molecule has 0 radical (unpaired) electrons. The van der Waals surface area contributed by atoms with E-state index < -0.39 is 66.9 Å². The van der Waals surface area contributed by atoms with Gasteiger partial charge in [-0.1, -0.05) is 109 Å². The SMILES string of the molecule is CC(C)CCN(C[C@@H](O)[C@H](Cc1ccccc1)NC(=O)[C@@H]1CCCS(=O)(=O)C1)C(=O)NC(C)(C)C.CC(C)CCN(C[C@@H](O)[C@H](Cc1ccccc1)NC(=O)[C@H]1CCCS(=O)(=O)C1)C(=O)NC(C)(C)C.CCC. The van der Waals surface area contributed by atoms with E-state index in [4.69, 9.17) is 0 Å². The lowest BCUT2D eigenvalue weighted by Gasteiger charge is -2.33.